The number of rotatable bonds is 7. The Morgan fingerprint density at radius 1 is 1.45 bits per heavy atom. The zero-order valence-electron chi connectivity index (χ0n) is 12.2. The van der Waals surface area contributed by atoms with Gasteiger partial charge in [-0.05, 0) is 26.3 Å². The van der Waals surface area contributed by atoms with Gasteiger partial charge in [0.1, 0.15) is 6.04 Å². The van der Waals surface area contributed by atoms with Gasteiger partial charge in [0, 0.05) is 32.0 Å². The molecule has 0 saturated carbocycles. The van der Waals surface area contributed by atoms with Crippen molar-refractivity contribution in [1.82, 2.24) is 20.0 Å². The van der Waals surface area contributed by atoms with Gasteiger partial charge in [-0.25, -0.2) is 0 Å². The van der Waals surface area contributed by atoms with Gasteiger partial charge in [0.05, 0.1) is 6.54 Å². The van der Waals surface area contributed by atoms with Crippen LogP contribution in [0.2, 0.25) is 0 Å². The number of nitrogens with two attached hydrogens (primary N) is 1. The maximum absolute atomic E-state index is 12.1. The minimum absolute atomic E-state index is 0.0311. The molecule has 2 amide bonds. The molecule has 1 heterocycles. The lowest BCUT2D eigenvalue weighted by atomic mass is 10.2. The Kier molecular flexibility index (Phi) is 6.17. The average molecular weight is 281 g/mol. The summed E-state index contributed by atoms with van der Waals surface area (Å²) in [6.45, 7) is 4.18. The van der Waals surface area contributed by atoms with Gasteiger partial charge in [-0.2, -0.15) is 5.10 Å². The first kappa shape index (κ1) is 16.2. The van der Waals surface area contributed by atoms with E-state index in [1.54, 1.807) is 37.1 Å². The summed E-state index contributed by atoms with van der Waals surface area (Å²) in [5.74, 6) is -0.342. The third-order valence-corrected chi connectivity index (χ3v) is 2.96. The number of likely N-dealkylation sites (N-methyl/N-ethyl adjacent to an activating group) is 1. The molecule has 0 fully saturated rings. The van der Waals surface area contributed by atoms with Gasteiger partial charge >= 0.3 is 0 Å². The highest BCUT2D eigenvalue weighted by atomic mass is 16.2. The van der Waals surface area contributed by atoms with Crippen molar-refractivity contribution < 1.29 is 9.59 Å². The van der Waals surface area contributed by atoms with Crippen LogP contribution in [0.25, 0.3) is 0 Å². The Bertz CT molecular complexity index is 430. The lowest BCUT2D eigenvalue weighted by Gasteiger charge is -2.21. The largest absolute Gasteiger partial charge is 0.355 e. The van der Waals surface area contributed by atoms with Crippen LogP contribution in [-0.2, 0) is 9.59 Å². The molecule has 0 radical (unpaired) electrons. The molecule has 3 N–H and O–H groups in total. The second-order valence-electron chi connectivity index (χ2n) is 4.97. The Balaban J connectivity index is 2.39. The molecule has 1 aromatic rings. The summed E-state index contributed by atoms with van der Waals surface area (Å²) in [5.41, 5.74) is 5.60. The van der Waals surface area contributed by atoms with E-state index in [0.717, 1.165) is 0 Å². The van der Waals surface area contributed by atoms with Crippen LogP contribution < -0.4 is 11.1 Å². The first-order valence-corrected chi connectivity index (χ1v) is 6.68. The maximum atomic E-state index is 12.1. The highest BCUT2D eigenvalue weighted by Gasteiger charge is 2.20. The van der Waals surface area contributed by atoms with E-state index >= 15 is 0 Å². The van der Waals surface area contributed by atoms with Gasteiger partial charge in [-0.3, -0.25) is 14.3 Å². The molecule has 0 aliphatic carbocycles. The van der Waals surface area contributed by atoms with Crippen LogP contribution in [0.4, 0.5) is 0 Å². The van der Waals surface area contributed by atoms with Crippen LogP contribution >= 0.6 is 0 Å². The molecule has 0 aliphatic rings. The molecular weight excluding hydrogens is 258 g/mol. The van der Waals surface area contributed by atoms with Crippen molar-refractivity contribution in [2.24, 2.45) is 5.73 Å². The monoisotopic (exact) mass is 281 g/mol. The Labute approximate surface area is 119 Å². The summed E-state index contributed by atoms with van der Waals surface area (Å²) in [5, 5.41) is 6.76. The number of aromatic nitrogens is 2. The zero-order chi connectivity index (χ0) is 15.1. The highest BCUT2D eigenvalue weighted by molar-refractivity contribution is 5.86. The van der Waals surface area contributed by atoms with E-state index in [-0.39, 0.29) is 24.4 Å². The predicted octanol–water partition coefficient (Wildman–Crippen LogP) is -0.244. The van der Waals surface area contributed by atoms with Crippen LogP contribution in [0.5, 0.6) is 0 Å². The second kappa shape index (κ2) is 7.64. The minimum Gasteiger partial charge on any atom is -0.355 e. The van der Waals surface area contributed by atoms with Crippen molar-refractivity contribution in [3.05, 3.63) is 18.5 Å². The zero-order valence-corrected chi connectivity index (χ0v) is 12.2. The summed E-state index contributed by atoms with van der Waals surface area (Å²) in [6, 6.07) is 1.38. The maximum Gasteiger partial charge on any atom is 0.247 e. The fourth-order valence-electron chi connectivity index (χ4n) is 1.73. The third kappa shape index (κ3) is 5.00. The molecule has 0 saturated heterocycles. The van der Waals surface area contributed by atoms with Crippen molar-refractivity contribution in [3.63, 3.8) is 0 Å². The molecule has 7 heteroatoms. The van der Waals surface area contributed by atoms with Gasteiger partial charge in [-0.1, -0.05) is 0 Å². The Hall–Kier alpha value is -1.89. The fraction of sp³-hybridized carbons (Fsp3) is 0.615. The first-order valence-electron chi connectivity index (χ1n) is 6.68. The van der Waals surface area contributed by atoms with Crippen LogP contribution in [0.1, 0.15) is 26.3 Å². The molecule has 0 aromatic carbocycles. The lowest BCUT2D eigenvalue weighted by Crippen LogP contribution is -2.41. The lowest BCUT2D eigenvalue weighted by molar-refractivity contribution is -0.137. The van der Waals surface area contributed by atoms with Crippen molar-refractivity contribution in [2.45, 2.75) is 32.4 Å². The van der Waals surface area contributed by atoms with Gasteiger partial charge in [0.15, 0.2) is 0 Å². The Morgan fingerprint density at radius 2 is 2.15 bits per heavy atom. The van der Waals surface area contributed by atoms with Crippen LogP contribution in [0.3, 0.4) is 0 Å². The highest BCUT2D eigenvalue weighted by Crippen LogP contribution is 2.06. The smallest absolute Gasteiger partial charge is 0.247 e. The van der Waals surface area contributed by atoms with E-state index < -0.39 is 6.04 Å². The summed E-state index contributed by atoms with van der Waals surface area (Å²) in [7, 11) is 1.60. The molecule has 112 valence electrons. The van der Waals surface area contributed by atoms with Crippen molar-refractivity contribution >= 4 is 11.8 Å². The topological polar surface area (TPSA) is 93.3 Å². The fourth-order valence-corrected chi connectivity index (χ4v) is 1.73. The third-order valence-electron chi connectivity index (χ3n) is 2.96. The van der Waals surface area contributed by atoms with E-state index in [1.165, 1.54) is 4.90 Å². The number of nitrogens with one attached hydrogen (secondary N) is 1. The number of hydrogen-bond acceptors (Lipinski definition) is 4. The first-order chi connectivity index (χ1) is 9.41. The molecule has 7 nitrogen and oxygen atoms in total. The predicted molar refractivity (Wildman–Crippen MR) is 75.9 cm³/mol. The van der Waals surface area contributed by atoms with Gasteiger partial charge < -0.3 is 16.0 Å². The van der Waals surface area contributed by atoms with E-state index in [9.17, 15) is 9.59 Å². The number of carbonyl (C=O) groups excluding carboxylic acids is 2. The second-order valence-corrected chi connectivity index (χ2v) is 4.97. The standard InChI is InChI=1S/C13H23N5O2/c1-10(14)5-7-15-12(19)9-17(3)13(20)11(2)18-8-4-6-16-18/h4,6,8,10-11H,5,7,9,14H2,1-3H3,(H,15,19). The van der Waals surface area contributed by atoms with Gasteiger partial charge in [0.25, 0.3) is 0 Å². The van der Waals surface area contributed by atoms with Crippen LogP contribution in [-0.4, -0.2) is 52.7 Å². The molecule has 1 aromatic heterocycles. The summed E-state index contributed by atoms with van der Waals surface area (Å²) in [6.07, 6.45) is 4.05. The van der Waals surface area contributed by atoms with Crippen molar-refractivity contribution in [1.29, 1.82) is 0 Å². The number of carbonyl (C=O) groups is 2. The number of nitrogens with zero attached hydrogens (tertiary/aromatic N) is 3. The van der Waals surface area contributed by atoms with E-state index in [0.29, 0.717) is 13.0 Å². The molecule has 0 spiro atoms. The molecule has 2 unspecified atom stereocenters. The Morgan fingerprint density at radius 3 is 2.70 bits per heavy atom. The SMILES string of the molecule is CC(N)CCNC(=O)CN(C)C(=O)C(C)n1cccn1. The molecular formula is C13H23N5O2. The molecule has 2 atom stereocenters. The van der Waals surface area contributed by atoms with Crippen molar-refractivity contribution in [3.8, 4) is 0 Å². The number of amides is 2. The average Bonchev–Trinajstić information content (AvgIpc) is 2.90. The van der Waals surface area contributed by atoms with Crippen molar-refractivity contribution in [2.75, 3.05) is 20.1 Å². The van der Waals surface area contributed by atoms with E-state index in [1.807, 2.05) is 6.92 Å². The molecule has 1 rings (SSSR count). The van der Waals surface area contributed by atoms with Gasteiger partial charge in [0.2, 0.25) is 11.8 Å². The minimum atomic E-state index is -0.424. The normalized spacial score (nSPS) is 13.6. The van der Waals surface area contributed by atoms with Crippen LogP contribution in [0.15, 0.2) is 18.5 Å². The summed E-state index contributed by atoms with van der Waals surface area (Å²) >= 11 is 0. The quantitative estimate of drug-likeness (QED) is 0.721. The van der Waals surface area contributed by atoms with E-state index in [2.05, 4.69) is 10.4 Å². The van der Waals surface area contributed by atoms with Crippen LogP contribution in [0, 0.1) is 0 Å². The molecule has 0 bridgehead atoms. The molecule has 20 heavy (non-hydrogen) atoms. The van der Waals surface area contributed by atoms with E-state index in [4.69, 9.17) is 5.73 Å². The summed E-state index contributed by atoms with van der Waals surface area (Å²) in [4.78, 5) is 25.2. The summed E-state index contributed by atoms with van der Waals surface area (Å²) < 4.78 is 1.56. The number of hydrogen-bond donors (Lipinski definition) is 2. The van der Waals surface area contributed by atoms with Gasteiger partial charge in [-0.15, -0.1) is 0 Å². The molecule has 0 aliphatic heterocycles.